The van der Waals surface area contributed by atoms with Gasteiger partial charge in [0.1, 0.15) is 11.6 Å². The molecule has 0 spiro atoms. The standard InChI is InChI=1S/C19H25N7O/c1-16-14-18(25-8-6-23(15-27)7-9-25)22-19(21-16)26-12-10-24(11-13-26)17-4-2-3-5-20-17/h2-5,14-15H,6-13H2,1H3. The Labute approximate surface area is 159 Å². The van der Waals surface area contributed by atoms with Crippen LogP contribution >= 0.6 is 0 Å². The molecule has 1 amide bonds. The summed E-state index contributed by atoms with van der Waals surface area (Å²) in [7, 11) is 0. The van der Waals surface area contributed by atoms with E-state index in [0.717, 1.165) is 82.0 Å². The summed E-state index contributed by atoms with van der Waals surface area (Å²) in [4.78, 5) is 33.4. The van der Waals surface area contributed by atoms with Crippen molar-refractivity contribution in [1.82, 2.24) is 19.9 Å². The van der Waals surface area contributed by atoms with Crippen molar-refractivity contribution in [2.45, 2.75) is 6.92 Å². The average molecular weight is 367 g/mol. The van der Waals surface area contributed by atoms with Gasteiger partial charge in [0.25, 0.3) is 0 Å². The lowest BCUT2D eigenvalue weighted by Gasteiger charge is -2.36. The summed E-state index contributed by atoms with van der Waals surface area (Å²) in [6, 6.07) is 8.05. The van der Waals surface area contributed by atoms with Gasteiger partial charge in [0, 0.05) is 70.3 Å². The number of amides is 1. The molecule has 0 bridgehead atoms. The molecule has 0 saturated carbocycles. The number of nitrogens with zero attached hydrogens (tertiary/aromatic N) is 7. The Morgan fingerprint density at radius 1 is 0.852 bits per heavy atom. The maximum absolute atomic E-state index is 10.9. The Kier molecular flexibility index (Phi) is 5.04. The highest BCUT2D eigenvalue weighted by atomic mass is 16.1. The van der Waals surface area contributed by atoms with E-state index in [-0.39, 0.29) is 0 Å². The van der Waals surface area contributed by atoms with Crippen molar-refractivity contribution in [2.24, 2.45) is 0 Å². The predicted octanol–water partition coefficient (Wildman–Crippen LogP) is 0.785. The Bertz CT molecular complexity index is 769. The summed E-state index contributed by atoms with van der Waals surface area (Å²) >= 11 is 0. The number of hydrogen-bond acceptors (Lipinski definition) is 7. The monoisotopic (exact) mass is 367 g/mol. The highest BCUT2D eigenvalue weighted by Crippen LogP contribution is 2.21. The van der Waals surface area contributed by atoms with Crippen LogP contribution in [0.5, 0.6) is 0 Å². The first kappa shape index (κ1) is 17.5. The zero-order valence-corrected chi connectivity index (χ0v) is 15.7. The fourth-order valence-corrected chi connectivity index (χ4v) is 3.57. The van der Waals surface area contributed by atoms with Crippen molar-refractivity contribution in [2.75, 3.05) is 67.1 Å². The molecule has 0 atom stereocenters. The van der Waals surface area contributed by atoms with Crippen molar-refractivity contribution < 1.29 is 4.79 Å². The normalized spacial score (nSPS) is 18.0. The predicted molar refractivity (Wildman–Crippen MR) is 105 cm³/mol. The lowest BCUT2D eigenvalue weighted by Crippen LogP contribution is -2.48. The number of carbonyl (C=O) groups is 1. The third-order valence-corrected chi connectivity index (χ3v) is 5.15. The molecule has 0 aliphatic carbocycles. The van der Waals surface area contributed by atoms with Gasteiger partial charge in [-0.25, -0.2) is 9.97 Å². The van der Waals surface area contributed by atoms with Gasteiger partial charge in [-0.3, -0.25) is 4.79 Å². The molecule has 0 radical (unpaired) electrons. The van der Waals surface area contributed by atoms with Crippen molar-refractivity contribution in [1.29, 1.82) is 0 Å². The number of piperazine rings is 2. The van der Waals surface area contributed by atoms with Crippen LogP contribution in [0.2, 0.25) is 0 Å². The molecule has 8 heteroatoms. The SMILES string of the molecule is Cc1cc(N2CCN(C=O)CC2)nc(N2CCN(c3ccccn3)CC2)n1. The van der Waals surface area contributed by atoms with Gasteiger partial charge in [-0.1, -0.05) is 6.07 Å². The second kappa shape index (κ2) is 7.77. The number of hydrogen-bond donors (Lipinski definition) is 0. The van der Waals surface area contributed by atoms with Crippen molar-refractivity contribution in [3.63, 3.8) is 0 Å². The van der Waals surface area contributed by atoms with E-state index in [0.29, 0.717) is 0 Å². The van der Waals surface area contributed by atoms with Crippen LogP contribution in [0.4, 0.5) is 17.6 Å². The second-order valence-electron chi connectivity index (χ2n) is 6.96. The molecule has 2 saturated heterocycles. The minimum Gasteiger partial charge on any atom is -0.353 e. The van der Waals surface area contributed by atoms with Crippen LogP contribution in [0.1, 0.15) is 5.69 Å². The molecule has 2 fully saturated rings. The summed E-state index contributed by atoms with van der Waals surface area (Å²) in [5.74, 6) is 2.77. The van der Waals surface area contributed by atoms with Gasteiger partial charge in [0.05, 0.1) is 0 Å². The first-order chi connectivity index (χ1) is 13.2. The van der Waals surface area contributed by atoms with E-state index in [4.69, 9.17) is 4.98 Å². The molecule has 0 N–H and O–H groups in total. The smallest absolute Gasteiger partial charge is 0.227 e. The van der Waals surface area contributed by atoms with E-state index in [1.807, 2.05) is 36.2 Å². The first-order valence-electron chi connectivity index (χ1n) is 9.44. The minimum absolute atomic E-state index is 0.741. The van der Waals surface area contributed by atoms with Crippen LogP contribution in [0, 0.1) is 6.92 Å². The lowest BCUT2D eigenvalue weighted by atomic mass is 10.3. The van der Waals surface area contributed by atoms with Crippen LogP contribution in [-0.2, 0) is 4.79 Å². The fraction of sp³-hybridized carbons (Fsp3) is 0.474. The molecule has 27 heavy (non-hydrogen) atoms. The van der Waals surface area contributed by atoms with E-state index < -0.39 is 0 Å². The van der Waals surface area contributed by atoms with Crippen LogP contribution in [0.25, 0.3) is 0 Å². The van der Waals surface area contributed by atoms with Crippen molar-refractivity contribution in [3.05, 3.63) is 36.2 Å². The van der Waals surface area contributed by atoms with Crippen LogP contribution in [0.15, 0.2) is 30.5 Å². The molecule has 8 nitrogen and oxygen atoms in total. The van der Waals surface area contributed by atoms with Gasteiger partial charge in [-0.05, 0) is 19.1 Å². The highest BCUT2D eigenvalue weighted by molar-refractivity contribution is 5.51. The molecule has 2 aromatic rings. The van der Waals surface area contributed by atoms with Crippen LogP contribution in [0.3, 0.4) is 0 Å². The quantitative estimate of drug-likeness (QED) is 0.740. The zero-order valence-electron chi connectivity index (χ0n) is 15.7. The topological polar surface area (TPSA) is 68.7 Å². The van der Waals surface area contributed by atoms with Gasteiger partial charge in [0.15, 0.2) is 0 Å². The maximum Gasteiger partial charge on any atom is 0.227 e. The molecule has 0 unspecified atom stereocenters. The van der Waals surface area contributed by atoms with E-state index in [1.54, 1.807) is 0 Å². The minimum atomic E-state index is 0.741. The fourth-order valence-electron chi connectivity index (χ4n) is 3.57. The van der Waals surface area contributed by atoms with E-state index in [9.17, 15) is 4.79 Å². The van der Waals surface area contributed by atoms with Crippen molar-refractivity contribution >= 4 is 24.0 Å². The van der Waals surface area contributed by atoms with Gasteiger partial charge >= 0.3 is 0 Å². The largest absolute Gasteiger partial charge is 0.353 e. The summed E-state index contributed by atoms with van der Waals surface area (Å²) in [5.41, 5.74) is 0.972. The van der Waals surface area contributed by atoms with E-state index >= 15 is 0 Å². The summed E-state index contributed by atoms with van der Waals surface area (Å²) < 4.78 is 0. The number of anilines is 3. The molecule has 2 aliphatic rings. The second-order valence-corrected chi connectivity index (χ2v) is 6.96. The number of aromatic nitrogens is 3. The number of carbonyl (C=O) groups excluding carboxylic acids is 1. The number of rotatable bonds is 4. The highest BCUT2D eigenvalue weighted by Gasteiger charge is 2.22. The van der Waals surface area contributed by atoms with Crippen molar-refractivity contribution in [3.8, 4) is 0 Å². The third-order valence-electron chi connectivity index (χ3n) is 5.15. The van der Waals surface area contributed by atoms with E-state index in [2.05, 4.69) is 30.7 Å². The summed E-state index contributed by atoms with van der Waals surface area (Å²) in [6.07, 6.45) is 2.76. The zero-order chi connectivity index (χ0) is 18.6. The lowest BCUT2D eigenvalue weighted by molar-refractivity contribution is -0.118. The number of aryl methyl sites for hydroxylation is 1. The Hall–Kier alpha value is -2.90. The molecule has 142 valence electrons. The van der Waals surface area contributed by atoms with E-state index in [1.165, 1.54) is 0 Å². The Morgan fingerprint density at radius 3 is 2.19 bits per heavy atom. The molecule has 4 heterocycles. The van der Waals surface area contributed by atoms with Gasteiger partial charge in [0.2, 0.25) is 12.4 Å². The summed E-state index contributed by atoms with van der Waals surface area (Å²) in [6.45, 7) is 8.67. The first-order valence-corrected chi connectivity index (χ1v) is 9.44. The Balaban J connectivity index is 1.44. The van der Waals surface area contributed by atoms with Gasteiger partial charge in [-0.15, -0.1) is 0 Å². The molecule has 2 aromatic heterocycles. The van der Waals surface area contributed by atoms with Crippen LogP contribution < -0.4 is 14.7 Å². The molecule has 4 rings (SSSR count). The molecule has 0 aromatic carbocycles. The number of pyridine rings is 1. The Morgan fingerprint density at radius 2 is 1.52 bits per heavy atom. The maximum atomic E-state index is 10.9. The molecule has 2 aliphatic heterocycles. The third kappa shape index (κ3) is 3.94. The molecular formula is C19H25N7O. The molecular weight excluding hydrogens is 342 g/mol. The van der Waals surface area contributed by atoms with Gasteiger partial charge in [-0.2, -0.15) is 4.98 Å². The summed E-state index contributed by atoms with van der Waals surface area (Å²) in [5, 5.41) is 0. The van der Waals surface area contributed by atoms with Crippen LogP contribution in [-0.4, -0.2) is 78.6 Å². The average Bonchev–Trinajstić information content (AvgIpc) is 2.74. The van der Waals surface area contributed by atoms with Gasteiger partial charge < -0.3 is 19.6 Å².